The topological polar surface area (TPSA) is 51.7 Å². The van der Waals surface area contributed by atoms with E-state index in [0.29, 0.717) is 6.61 Å². The van der Waals surface area contributed by atoms with Crippen LogP contribution in [-0.2, 0) is 4.74 Å². The Morgan fingerprint density at radius 1 is 1.33 bits per heavy atom. The minimum atomic E-state index is -0.140. The summed E-state index contributed by atoms with van der Waals surface area (Å²) >= 11 is 1.50. The van der Waals surface area contributed by atoms with Gasteiger partial charge >= 0.3 is 0 Å². The van der Waals surface area contributed by atoms with E-state index in [1.54, 1.807) is 12.4 Å². The van der Waals surface area contributed by atoms with Crippen LogP contribution in [0.3, 0.4) is 0 Å². The molecule has 1 amide bonds. The third-order valence-corrected chi connectivity index (χ3v) is 5.66. The molecule has 2 saturated heterocycles. The summed E-state index contributed by atoms with van der Waals surface area (Å²) in [5.74, 6) is 0.925. The highest BCUT2D eigenvalue weighted by atomic mass is 32.1. The van der Waals surface area contributed by atoms with Crippen LogP contribution in [-0.4, -0.2) is 47.2 Å². The maximum Gasteiger partial charge on any atom is 0.263 e. The van der Waals surface area contributed by atoms with Crippen LogP contribution in [0, 0.1) is 0 Å². The van der Waals surface area contributed by atoms with Crippen molar-refractivity contribution in [3.63, 3.8) is 0 Å². The van der Waals surface area contributed by atoms with Crippen LogP contribution in [0.5, 0.6) is 5.75 Å². The number of hydrogen-bond acceptors (Lipinski definition) is 5. The number of piperidine rings is 1. The Hall–Kier alpha value is -1.92. The summed E-state index contributed by atoms with van der Waals surface area (Å²) in [6.45, 7) is 2.10. The third-order valence-electron chi connectivity index (χ3n) is 4.81. The maximum atomic E-state index is 12.4. The van der Waals surface area contributed by atoms with Crippen molar-refractivity contribution in [1.82, 2.24) is 9.88 Å². The van der Waals surface area contributed by atoms with Crippen molar-refractivity contribution in [3.8, 4) is 5.75 Å². The van der Waals surface area contributed by atoms with Gasteiger partial charge in [0, 0.05) is 25.7 Å². The fraction of sp³-hybridized carbons (Fsp3) is 0.444. The second-order valence-corrected chi connectivity index (χ2v) is 7.34. The SMILES string of the molecule is O=C(c1cccs1)N1CCC2(CC1)CC(Oc1cccnc1)CO2. The average Bonchev–Trinajstić information content (AvgIpc) is 3.27. The van der Waals surface area contributed by atoms with Gasteiger partial charge in [-0.05, 0) is 36.4 Å². The number of pyridine rings is 1. The second-order valence-electron chi connectivity index (χ2n) is 6.40. The minimum Gasteiger partial charge on any atom is -0.486 e. The molecule has 2 aliphatic heterocycles. The van der Waals surface area contributed by atoms with Gasteiger partial charge in [0.2, 0.25) is 0 Å². The first kappa shape index (κ1) is 15.6. The highest BCUT2D eigenvalue weighted by Crippen LogP contribution is 2.37. The molecule has 1 spiro atoms. The molecule has 24 heavy (non-hydrogen) atoms. The lowest BCUT2D eigenvalue weighted by molar-refractivity contribution is -0.0395. The first-order valence-electron chi connectivity index (χ1n) is 8.28. The maximum absolute atomic E-state index is 12.4. The Morgan fingerprint density at radius 2 is 2.21 bits per heavy atom. The van der Waals surface area contributed by atoms with Crippen LogP contribution in [0.4, 0.5) is 0 Å². The molecule has 0 aliphatic carbocycles. The molecule has 1 atom stereocenters. The normalized spacial score (nSPS) is 22.7. The fourth-order valence-electron chi connectivity index (χ4n) is 3.51. The van der Waals surface area contributed by atoms with Crippen LogP contribution in [0.2, 0.25) is 0 Å². The van der Waals surface area contributed by atoms with Crippen molar-refractivity contribution in [2.45, 2.75) is 31.0 Å². The third kappa shape index (κ3) is 3.16. The number of likely N-dealkylation sites (tertiary alicyclic amines) is 1. The largest absolute Gasteiger partial charge is 0.486 e. The van der Waals surface area contributed by atoms with Gasteiger partial charge in [0.05, 0.1) is 23.3 Å². The molecule has 4 heterocycles. The number of hydrogen-bond donors (Lipinski definition) is 0. The summed E-state index contributed by atoms with van der Waals surface area (Å²) in [5, 5.41) is 1.94. The highest BCUT2D eigenvalue weighted by molar-refractivity contribution is 7.12. The molecule has 2 aliphatic rings. The van der Waals surface area contributed by atoms with Gasteiger partial charge in [0.15, 0.2) is 0 Å². The number of amides is 1. The standard InChI is InChI=1S/C18H20N2O3S/c21-17(16-4-2-10-24-16)20-8-5-18(6-9-20)11-15(13-22-18)23-14-3-1-7-19-12-14/h1-4,7,10,12,15H,5-6,8-9,11,13H2. The van der Waals surface area contributed by atoms with Gasteiger partial charge in [-0.1, -0.05) is 6.07 Å². The molecule has 0 saturated carbocycles. The Morgan fingerprint density at radius 3 is 2.92 bits per heavy atom. The Bertz CT molecular complexity index is 682. The number of carbonyl (C=O) groups is 1. The number of nitrogens with zero attached hydrogens (tertiary/aromatic N) is 2. The molecular formula is C18H20N2O3S. The lowest BCUT2D eigenvalue weighted by Gasteiger charge is -2.38. The van der Waals surface area contributed by atoms with Crippen LogP contribution in [0.15, 0.2) is 42.0 Å². The van der Waals surface area contributed by atoms with Crippen molar-refractivity contribution >= 4 is 17.2 Å². The van der Waals surface area contributed by atoms with E-state index in [0.717, 1.165) is 43.0 Å². The van der Waals surface area contributed by atoms with Crippen molar-refractivity contribution in [1.29, 1.82) is 0 Å². The van der Waals surface area contributed by atoms with Gasteiger partial charge in [-0.2, -0.15) is 0 Å². The Labute approximate surface area is 145 Å². The summed E-state index contributed by atoms with van der Waals surface area (Å²) in [6.07, 6.45) is 6.15. The number of carbonyl (C=O) groups excluding carboxylic acids is 1. The molecule has 0 aromatic carbocycles. The molecule has 4 rings (SSSR count). The van der Waals surface area contributed by atoms with E-state index >= 15 is 0 Å². The second kappa shape index (κ2) is 6.53. The fourth-order valence-corrected chi connectivity index (χ4v) is 4.20. The first-order chi connectivity index (χ1) is 11.7. The lowest BCUT2D eigenvalue weighted by atomic mass is 9.88. The molecule has 5 nitrogen and oxygen atoms in total. The predicted octanol–water partition coefficient (Wildman–Crippen LogP) is 2.99. The Balaban J connectivity index is 1.33. The van der Waals surface area contributed by atoms with Gasteiger partial charge in [0.1, 0.15) is 11.9 Å². The first-order valence-corrected chi connectivity index (χ1v) is 9.16. The summed E-state index contributed by atoms with van der Waals surface area (Å²) < 4.78 is 12.1. The van der Waals surface area contributed by atoms with Crippen LogP contribution in [0.1, 0.15) is 28.9 Å². The zero-order valence-electron chi connectivity index (χ0n) is 13.4. The minimum absolute atomic E-state index is 0.0637. The summed E-state index contributed by atoms with van der Waals surface area (Å²) in [7, 11) is 0. The van der Waals surface area contributed by atoms with E-state index in [2.05, 4.69) is 4.98 Å². The molecule has 0 bridgehead atoms. The molecule has 6 heteroatoms. The molecule has 0 radical (unpaired) electrons. The van der Waals surface area contributed by atoms with E-state index in [4.69, 9.17) is 9.47 Å². The number of rotatable bonds is 3. The van der Waals surface area contributed by atoms with Gasteiger partial charge < -0.3 is 14.4 Å². The van der Waals surface area contributed by atoms with E-state index in [9.17, 15) is 4.79 Å². The average molecular weight is 344 g/mol. The van der Waals surface area contributed by atoms with Gasteiger partial charge in [-0.15, -0.1) is 11.3 Å². The number of aromatic nitrogens is 1. The number of ether oxygens (including phenoxy) is 2. The highest BCUT2D eigenvalue weighted by Gasteiger charge is 2.44. The molecule has 2 aromatic heterocycles. The van der Waals surface area contributed by atoms with Gasteiger partial charge in [0.25, 0.3) is 5.91 Å². The zero-order chi connectivity index (χ0) is 16.4. The van der Waals surface area contributed by atoms with E-state index in [1.807, 2.05) is 34.5 Å². The van der Waals surface area contributed by atoms with E-state index in [-0.39, 0.29) is 17.6 Å². The van der Waals surface area contributed by atoms with Crippen molar-refractivity contribution < 1.29 is 14.3 Å². The quantitative estimate of drug-likeness (QED) is 0.859. The lowest BCUT2D eigenvalue weighted by Crippen LogP contribution is -2.46. The summed E-state index contributed by atoms with van der Waals surface area (Å²) in [5.41, 5.74) is -0.140. The van der Waals surface area contributed by atoms with Gasteiger partial charge in [-0.25, -0.2) is 0 Å². The summed E-state index contributed by atoms with van der Waals surface area (Å²) in [6, 6.07) is 7.60. The van der Waals surface area contributed by atoms with E-state index in [1.165, 1.54) is 11.3 Å². The van der Waals surface area contributed by atoms with Crippen LogP contribution >= 0.6 is 11.3 Å². The number of thiophene rings is 1. The monoisotopic (exact) mass is 344 g/mol. The van der Waals surface area contributed by atoms with E-state index < -0.39 is 0 Å². The smallest absolute Gasteiger partial charge is 0.263 e. The van der Waals surface area contributed by atoms with Crippen LogP contribution in [0.25, 0.3) is 0 Å². The predicted molar refractivity (Wildman–Crippen MR) is 91.4 cm³/mol. The molecule has 1 unspecified atom stereocenters. The van der Waals surface area contributed by atoms with Crippen LogP contribution < -0.4 is 4.74 Å². The molecule has 126 valence electrons. The summed E-state index contributed by atoms with van der Waals surface area (Å²) in [4.78, 5) is 19.3. The van der Waals surface area contributed by atoms with Gasteiger partial charge in [-0.3, -0.25) is 9.78 Å². The Kier molecular flexibility index (Phi) is 4.24. The zero-order valence-corrected chi connectivity index (χ0v) is 14.2. The molecule has 0 N–H and O–H groups in total. The van der Waals surface area contributed by atoms with Crippen molar-refractivity contribution in [3.05, 3.63) is 46.9 Å². The molecule has 2 fully saturated rings. The van der Waals surface area contributed by atoms with Crippen molar-refractivity contribution in [2.75, 3.05) is 19.7 Å². The molecular weight excluding hydrogens is 324 g/mol. The van der Waals surface area contributed by atoms with Crippen molar-refractivity contribution in [2.24, 2.45) is 0 Å². The molecule has 2 aromatic rings.